The number of nitrogens with one attached hydrogen (secondary N) is 1. The topological polar surface area (TPSA) is 37.8 Å². The van der Waals surface area contributed by atoms with Crippen molar-refractivity contribution in [3.63, 3.8) is 0 Å². The molecule has 16 heavy (non-hydrogen) atoms. The minimum absolute atomic E-state index is 0.706. The number of rotatable bonds is 3. The Balaban J connectivity index is 2.03. The molecule has 82 valence electrons. The molecule has 0 aliphatic carbocycles. The summed E-state index contributed by atoms with van der Waals surface area (Å²) >= 11 is 3.51. The van der Waals surface area contributed by atoms with Gasteiger partial charge in [0.2, 0.25) is 0 Å². The highest BCUT2D eigenvalue weighted by Crippen LogP contribution is 2.20. The van der Waals surface area contributed by atoms with E-state index < -0.39 is 0 Å². The number of benzene rings is 1. The van der Waals surface area contributed by atoms with Crippen LogP contribution in [0, 0.1) is 6.92 Å². The van der Waals surface area contributed by atoms with Crippen LogP contribution in [0.3, 0.4) is 0 Å². The van der Waals surface area contributed by atoms with Gasteiger partial charge in [-0.2, -0.15) is 0 Å². The van der Waals surface area contributed by atoms with Crippen molar-refractivity contribution >= 4 is 21.6 Å². The Morgan fingerprint density at radius 3 is 2.88 bits per heavy atom. The number of aromatic nitrogens is 2. The molecule has 0 atom stereocenters. The van der Waals surface area contributed by atoms with Crippen LogP contribution >= 0.6 is 15.9 Å². The number of hydrogen-bond donors (Lipinski definition) is 1. The summed E-state index contributed by atoms with van der Waals surface area (Å²) in [4.78, 5) is 8.03. The van der Waals surface area contributed by atoms with Gasteiger partial charge in [0.05, 0.1) is 12.2 Å². The van der Waals surface area contributed by atoms with Gasteiger partial charge in [0, 0.05) is 16.4 Å². The zero-order valence-corrected chi connectivity index (χ0v) is 10.5. The summed E-state index contributed by atoms with van der Waals surface area (Å²) in [5.41, 5.74) is 3.29. The molecule has 0 bridgehead atoms. The quantitative estimate of drug-likeness (QED) is 0.937. The van der Waals surface area contributed by atoms with E-state index in [0.717, 1.165) is 15.9 Å². The van der Waals surface area contributed by atoms with Gasteiger partial charge in [0.1, 0.15) is 6.33 Å². The number of halogens is 1. The van der Waals surface area contributed by atoms with Gasteiger partial charge in [0.15, 0.2) is 0 Å². The summed E-state index contributed by atoms with van der Waals surface area (Å²) in [6, 6.07) is 8.10. The maximum absolute atomic E-state index is 4.15. The fourth-order valence-corrected chi connectivity index (χ4v) is 1.70. The number of hydrogen-bond acceptors (Lipinski definition) is 3. The van der Waals surface area contributed by atoms with Crippen LogP contribution in [-0.4, -0.2) is 9.97 Å². The van der Waals surface area contributed by atoms with Gasteiger partial charge in [-0.15, -0.1) is 0 Å². The fraction of sp³-hybridized carbons (Fsp3) is 0.167. The molecule has 0 radical (unpaired) electrons. The van der Waals surface area contributed by atoms with Crippen molar-refractivity contribution in [3.05, 3.63) is 52.5 Å². The van der Waals surface area contributed by atoms with Crippen LogP contribution in [0.15, 0.2) is 41.3 Å². The summed E-state index contributed by atoms with van der Waals surface area (Å²) in [7, 11) is 0. The van der Waals surface area contributed by atoms with E-state index in [-0.39, 0.29) is 0 Å². The SMILES string of the molecule is Cc1ccc(NCc2ccncn2)cc1Br. The molecule has 0 saturated heterocycles. The molecular formula is C12H12BrN3. The summed E-state index contributed by atoms with van der Waals surface area (Å²) < 4.78 is 1.11. The molecule has 0 spiro atoms. The third-order valence-electron chi connectivity index (χ3n) is 2.29. The number of nitrogens with zero attached hydrogens (tertiary/aromatic N) is 2. The molecule has 2 rings (SSSR count). The highest BCUT2D eigenvalue weighted by molar-refractivity contribution is 9.10. The lowest BCUT2D eigenvalue weighted by Crippen LogP contribution is -2.01. The van der Waals surface area contributed by atoms with Crippen LogP contribution < -0.4 is 5.32 Å². The minimum atomic E-state index is 0.706. The molecule has 0 unspecified atom stereocenters. The zero-order valence-electron chi connectivity index (χ0n) is 8.94. The highest BCUT2D eigenvalue weighted by Gasteiger charge is 1.98. The molecule has 0 aliphatic rings. The Labute approximate surface area is 103 Å². The Hall–Kier alpha value is -1.42. The molecule has 1 N–H and O–H groups in total. The normalized spacial score (nSPS) is 10.1. The monoisotopic (exact) mass is 277 g/mol. The van der Waals surface area contributed by atoms with E-state index in [9.17, 15) is 0 Å². The Kier molecular flexibility index (Phi) is 3.51. The lowest BCUT2D eigenvalue weighted by Gasteiger charge is -2.07. The van der Waals surface area contributed by atoms with Gasteiger partial charge in [-0.1, -0.05) is 22.0 Å². The van der Waals surface area contributed by atoms with E-state index in [0.29, 0.717) is 6.54 Å². The van der Waals surface area contributed by atoms with Crippen LogP contribution in [-0.2, 0) is 6.54 Å². The maximum Gasteiger partial charge on any atom is 0.115 e. The predicted molar refractivity (Wildman–Crippen MR) is 68.2 cm³/mol. The third-order valence-corrected chi connectivity index (χ3v) is 3.14. The van der Waals surface area contributed by atoms with E-state index in [1.54, 1.807) is 12.5 Å². The molecule has 0 amide bonds. The van der Waals surface area contributed by atoms with Crippen molar-refractivity contribution < 1.29 is 0 Å². The second-order valence-electron chi connectivity index (χ2n) is 3.52. The average molecular weight is 278 g/mol. The van der Waals surface area contributed by atoms with Crippen LogP contribution in [0.2, 0.25) is 0 Å². The Bertz CT molecular complexity index is 471. The molecule has 2 aromatic rings. The van der Waals surface area contributed by atoms with Gasteiger partial charge in [-0.05, 0) is 30.7 Å². The lowest BCUT2D eigenvalue weighted by atomic mass is 10.2. The predicted octanol–water partition coefficient (Wildman–Crippen LogP) is 3.16. The van der Waals surface area contributed by atoms with Crippen LogP contribution in [0.1, 0.15) is 11.3 Å². The first-order valence-electron chi connectivity index (χ1n) is 5.00. The molecular weight excluding hydrogens is 266 g/mol. The van der Waals surface area contributed by atoms with Gasteiger partial charge < -0.3 is 5.32 Å². The van der Waals surface area contributed by atoms with Crippen LogP contribution in [0.5, 0.6) is 0 Å². The molecule has 0 saturated carbocycles. The first-order chi connectivity index (χ1) is 7.75. The summed E-state index contributed by atoms with van der Waals surface area (Å²) in [5.74, 6) is 0. The Morgan fingerprint density at radius 2 is 2.19 bits per heavy atom. The first kappa shape index (κ1) is 11.1. The van der Waals surface area contributed by atoms with Crippen molar-refractivity contribution in [3.8, 4) is 0 Å². The third kappa shape index (κ3) is 2.79. The van der Waals surface area contributed by atoms with Crippen molar-refractivity contribution in [1.29, 1.82) is 0 Å². The van der Waals surface area contributed by atoms with Crippen LogP contribution in [0.4, 0.5) is 5.69 Å². The second kappa shape index (κ2) is 5.07. The van der Waals surface area contributed by atoms with Gasteiger partial charge in [-0.3, -0.25) is 0 Å². The highest BCUT2D eigenvalue weighted by atomic mass is 79.9. The van der Waals surface area contributed by atoms with E-state index >= 15 is 0 Å². The lowest BCUT2D eigenvalue weighted by molar-refractivity contribution is 1.01. The molecule has 0 fully saturated rings. The molecule has 1 aromatic heterocycles. The van der Waals surface area contributed by atoms with Crippen LogP contribution in [0.25, 0.3) is 0 Å². The van der Waals surface area contributed by atoms with Gasteiger partial charge in [-0.25, -0.2) is 9.97 Å². The molecule has 1 heterocycles. The van der Waals surface area contributed by atoms with Crippen molar-refractivity contribution in [2.45, 2.75) is 13.5 Å². The second-order valence-corrected chi connectivity index (χ2v) is 4.37. The van der Waals surface area contributed by atoms with Crippen molar-refractivity contribution in [2.24, 2.45) is 0 Å². The van der Waals surface area contributed by atoms with Crippen molar-refractivity contribution in [1.82, 2.24) is 9.97 Å². The fourth-order valence-electron chi connectivity index (χ4n) is 1.32. The van der Waals surface area contributed by atoms with E-state index in [1.807, 2.05) is 6.07 Å². The maximum atomic E-state index is 4.15. The first-order valence-corrected chi connectivity index (χ1v) is 5.80. The zero-order chi connectivity index (χ0) is 11.4. The summed E-state index contributed by atoms with van der Waals surface area (Å²) in [6.07, 6.45) is 3.30. The average Bonchev–Trinajstić information content (AvgIpc) is 2.32. The number of aryl methyl sites for hydroxylation is 1. The summed E-state index contributed by atoms with van der Waals surface area (Å²) in [6.45, 7) is 2.77. The van der Waals surface area contributed by atoms with E-state index in [1.165, 1.54) is 5.56 Å². The van der Waals surface area contributed by atoms with E-state index in [4.69, 9.17) is 0 Å². The standard InChI is InChI=1S/C12H12BrN3/c1-9-2-3-10(6-12(9)13)15-7-11-4-5-14-8-16-11/h2-6,8,15H,7H2,1H3. The van der Waals surface area contributed by atoms with Gasteiger partial charge in [0.25, 0.3) is 0 Å². The molecule has 4 heteroatoms. The summed E-state index contributed by atoms with van der Waals surface area (Å²) in [5, 5.41) is 3.31. The molecule has 1 aromatic carbocycles. The van der Waals surface area contributed by atoms with Gasteiger partial charge >= 0.3 is 0 Å². The van der Waals surface area contributed by atoms with E-state index in [2.05, 4.69) is 56.3 Å². The molecule has 0 aliphatic heterocycles. The number of anilines is 1. The smallest absolute Gasteiger partial charge is 0.115 e. The minimum Gasteiger partial charge on any atom is -0.379 e. The Morgan fingerprint density at radius 1 is 1.31 bits per heavy atom. The largest absolute Gasteiger partial charge is 0.379 e. The molecule has 3 nitrogen and oxygen atoms in total. The van der Waals surface area contributed by atoms with Crippen molar-refractivity contribution in [2.75, 3.05) is 5.32 Å².